The maximum Gasteiger partial charge on any atom is 0.244 e. The third-order valence-corrected chi connectivity index (χ3v) is 4.57. The van der Waals surface area contributed by atoms with E-state index in [4.69, 9.17) is 17.3 Å². The van der Waals surface area contributed by atoms with Crippen LogP contribution in [-0.2, 0) is 14.8 Å². The first-order chi connectivity index (χ1) is 10.3. The number of nitrogens with one attached hydrogen (secondary N) is 1. The van der Waals surface area contributed by atoms with Crippen LogP contribution in [0.3, 0.4) is 0 Å². The van der Waals surface area contributed by atoms with Crippen LogP contribution in [0, 0.1) is 5.82 Å². The highest BCUT2D eigenvalue weighted by atomic mass is 35.5. The van der Waals surface area contributed by atoms with Gasteiger partial charge in [-0.05, 0) is 23.8 Å². The van der Waals surface area contributed by atoms with Crippen molar-refractivity contribution in [2.75, 3.05) is 0 Å². The van der Waals surface area contributed by atoms with Gasteiger partial charge in [0.2, 0.25) is 15.9 Å². The zero-order valence-corrected chi connectivity index (χ0v) is 12.7. The summed E-state index contributed by atoms with van der Waals surface area (Å²) >= 11 is 5.59. The monoisotopic (exact) mass is 342 g/mol. The van der Waals surface area contributed by atoms with Gasteiger partial charge in [0.05, 0.1) is 0 Å². The molecule has 0 spiro atoms. The molecule has 22 heavy (non-hydrogen) atoms. The Hall–Kier alpha value is -1.96. The summed E-state index contributed by atoms with van der Waals surface area (Å²) in [6.07, 6.45) is 0. The standard InChI is InChI=1S/C14H12ClFN2O3S/c15-10-6-7-12(11(16)8-10)22(20,21)18-13(14(17)19)9-4-2-1-3-5-9/h1-8,13,18H,(H2,17,19)/t13-/m1/s1. The Morgan fingerprint density at radius 3 is 2.36 bits per heavy atom. The van der Waals surface area contributed by atoms with E-state index in [1.54, 1.807) is 18.2 Å². The fraction of sp³-hybridized carbons (Fsp3) is 0.0714. The molecule has 0 aliphatic rings. The molecule has 0 radical (unpaired) electrons. The quantitative estimate of drug-likeness (QED) is 0.870. The van der Waals surface area contributed by atoms with E-state index in [-0.39, 0.29) is 5.02 Å². The summed E-state index contributed by atoms with van der Waals surface area (Å²) in [5.41, 5.74) is 5.59. The van der Waals surface area contributed by atoms with Crippen LogP contribution >= 0.6 is 11.6 Å². The molecule has 0 saturated heterocycles. The second-order valence-electron chi connectivity index (χ2n) is 4.44. The number of nitrogens with two attached hydrogens (primary N) is 1. The molecule has 0 aromatic heterocycles. The Morgan fingerprint density at radius 1 is 1.18 bits per heavy atom. The molecule has 116 valence electrons. The second kappa shape index (κ2) is 6.43. The number of rotatable bonds is 5. The number of primary amides is 1. The van der Waals surface area contributed by atoms with Gasteiger partial charge in [-0.2, -0.15) is 4.72 Å². The number of benzene rings is 2. The van der Waals surface area contributed by atoms with Gasteiger partial charge in [0.1, 0.15) is 16.8 Å². The molecule has 2 aromatic carbocycles. The number of carbonyl (C=O) groups is 1. The van der Waals surface area contributed by atoms with Crippen LogP contribution in [0.4, 0.5) is 4.39 Å². The number of sulfonamides is 1. The highest BCUT2D eigenvalue weighted by Gasteiger charge is 2.27. The van der Waals surface area contributed by atoms with E-state index in [1.807, 2.05) is 0 Å². The summed E-state index contributed by atoms with van der Waals surface area (Å²) < 4.78 is 40.4. The van der Waals surface area contributed by atoms with Crippen molar-refractivity contribution in [1.82, 2.24) is 4.72 Å². The lowest BCUT2D eigenvalue weighted by molar-refractivity contribution is -0.119. The summed E-state index contributed by atoms with van der Waals surface area (Å²) in [6, 6.07) is 9.86. The van der Waals surface area contributed by atoms with E-state index in [2.05, 4.69) is 4.72 Å². The van der Waals surface area contributed by atoms with Crippen molar-refractivity contribution in [3.05, 3.63) is 64.9 Å². The average Bonchev–Trinajstić information content (AvgIpc) is 2.45. The molecule has 8 heteroatoms. The molecule has 0 unspecified atom stereocenters. The zero-order chi connectivity index (χ0) is 16.3. The Bertz CT molecular complexity index is 797. The molecule has 0 aliphatic heterocycles. The Morgan fingerprint density at radius 2 is 1.82 bits per heavy atom. The minimum atomic E-state index is -4.28. The third-order valence-electron chi connectivity index (χ3n) is 2.87. The number of amides is 1. The number of hydrogen-bond donors (Lipinski definition) is 2. The van der Waals surface area contributed by atoms with Gasteiger partial charge in [-0.3, -0.25) is 4.79 Å². The second-order valence-corrected chi connectivity index (χ2v) is 6.56. The van der Waals surface area contributed by atoms with Crippen LogP contribution in [0.5, 0.6) is 0 Å². The Labute approximate surface area is 131 Å². The summed E-state index contributed by atoms with van der Waals surface area (Å²) in [7, 11) is -4.28. The Kier molecular flexibility index (Phi) is 4.80. The van der Waals surface area contributed by atoms with E-state index >= 15 is 0 Å². The maximum absolute atomic E-state index is 13.8. The molecular weight excluding hydrogens is 331 g/mol. The van der Waals surface area contributed by atoms with Crippen molar-refractivity contribution in [3.8, 4) is 0 Å². The van der Waals surface area contributed by atoms with E-state index in [0.717, 1.165) is 12.1 Å². The molecular formula is C14H12ClFN2O3S. The van der Waals surface area contributed by atoms with Crippen molar-refractivity contribution < 1.29 is 17.6 Å². The van der Waals surface area contributed by atoms with Crippen LogP contribution in [0.1, 0.15) is 11.6 Å². The van der Waals surface area contributed by atoms with Gasteiger partial charge in [-0.1, -0.05) is 41.9 Å². The molecule has 2 rings (SSSR count). The fourth-order valence-corrected chi connectivity index (χ4v) is 3.26. The number of halogens is 2. The normalized spacial score (nSPS) is 12.8. The van der Waals surface area contributed by atoms with Gasteiger partial charge in [0.15, 0.2) is 0 Å². The lowest BCUT2D eigenvalue weighted by Crippen LogP contribution is -2.37. The van der Waals surface area contributed by atoms with Crippen molar-refractivity contribution in [1.29, 1.82) is 0 Å². The average molecular weight is 343 g/mol. The van der Waals surface area contributed by atoms with Crippen LogP contribution in [0.15, 0.2) is 53.4 Å². The van der Waals surface area contributed by atoms with Gasteiger partial charge >= 0.3 is 0 Å². The van der Waals surface area contributed by atoms with E-state index in [9.17, 15) is 17.6 Å². The molecule has 0 heterocycles. The van der Waals surface area contributed by atoms with Gasteiger partial charge in [0, 0.05) is 5.02 Å². The first-order valence-corrected chi connectivity index (χ1v) is 7.99. The molecule has 3 N–H and O–H groups in total. The van der Waals surface area contributed by atoms with E-state index in [0.29, 0.717) is 5.56 Å². The van der Waals surface area contributed by atoms with Crippen LogP contribution in [0.25, 0.3) is 0 Å². The lowest BCUT2D eigenvalue weighted by Gasteiger charge is -2.16. The Balaban J connectivity index is 2.39. The summed E-state index contributed by atoms with van der Waals surface area (Å²) in [5, 5.41) is 0.0611. The summed E-state index contributed by atoms with van der Waals surface area (Å²) in [4.78, 5) is 10.9. The third kappa shape index (κ3) is 3.62. The summed E-state index contributed by atoms with van der Waals surface area (Å²) in [5.74, 6) is -1.92. The molecule has 0 bridgehead atoms. The molecule has 0 fully saturated rings. The summed E-state index contributed by atoms with van der Waals surface area (Å²) in [6.45, 7) is 0. The van der Waals surface area contributed by atoms with Crippen molar-refractivity contribution in [3.63, 3.8) is 0 Å². The molecule has 0 saturated carbocycles. The van der Waals surface area contributed by atoms with E-state index < -0.39 is 32.7 Å². The molecule has 1 atom stereocenters. The van der Waals surface area contributed by atoms with Crippen LogP contribution in [0.2, 0.25) is 5.02 Å². The highest BCUT2D eigenvalue weighted by molar-refractivity contribution is 7.89. The van der Waals surface area contributed by atoms with E-state index in [1.165, 1.54) is 18.2 Å². The predicted octanol–water partition coefficient (Wildman–Crippen LogP) is 1.98. The first kappa shape index (κ1) is 16.4. The van der Waals surface area contributed by atoms with Crippen molar-refractivity contribution in [2.45, 2.75) is 10.9 Å². The maximum atomic E-state index is 13.8. The van der Waals surface area contributed by atoms with Gasteiger partial charge in [0.25, 0.3) is 0 Å². The van der Waals surface area contributed by atoms with Gasteiger partial charge in [-0.15, -0.1) is 0 Å². The predicted molar refractivity (Wildman–Crippen MR) is 80.1 cm³/mol. The first-order valence-electron chi connectivity index (χ1n) is 6.13. The smallest absolute Gasteiger partial charge is 0.244 e. The van der Waals surface area contributed by atoms with Crippen molar-refractivity contribution >= 4 is 27.5 Å². The highest BCUT2D eigenvalue weighted by Crippen LogP contribution is 2.21. The van der Waals surface area contributed by atoms with Crippen LogP contribution in [-0.4, -0.2) is 14.3 Å². The minimum absolute atomic E-state index is 0.0611. The number of hydrogen-bond acceptors (Lipinski definition) is 3. The molecule has 2 aromatic rings. The largest absolute Gasteiger partial charge is 0.368 e. The molecule has 1 amide bonds. The van der Waals surface area contributed by atoms with Gasteiger partial charge < -0.3 is 5.73 Å². The SMILES string of the molecule is NC(=O)[C@H](NS(=O)(=O)c1ccc(Cl)cc1F)c1ccccc1. The lowest BCUT2D eigenvalue weighted by atomic mass is 10.1. The van der Waals surface area contributed by atoms with Gasteiger partial charge in [-0.25, -0.2) is 12.8 Å². The van der Waals surface area contributed by atoms with Crippen LogP contribution < -0.4 is 10.5 Å². The fourth-order valence-electron chi connectivity index (χ4n) is 1.85. The molecule has 5 nitrogen and oxygen atoms in total. The topological polar surface area (TPSA) is 89.3 Å². The molecule has 0 aliphatic carbocycles. The zero-order valence-electron chi connectivity index (χ0n) is 11.2. The number of carbonyl (C=O) groups excluding carboxylic acids is 1. The van der Waals surface area contributed by atoms with Crippen molar-refractivity contribution in [2.24, 2.45) is 5.73 Å². The minimum Gasteiger partial charge on any atom is -0.368 e.